The fraction of sp³-hybridized carbons (Fsp3) is 0.588. The Morgan fingerprint density at radius 1 is 1.15 bits per heavy atom. The molecule has 2 N–H and O–H groups in total. The van der Waals surface area contributed by atoms with Gasteiger partial charge in [-0.2, -0.15) is 5.10 Å². The second-order valence-electron chi connectivity index (χ2n) is 7.41. The lowest BCUT2D eigenvalue weighted by Gasteiger charge is -2.43. The summed E-state index contributed by atoms with van der Waals surface area (Å²) in [5.74, 6) is 0.940. The van der Waals surface area contributed by atoms with Gasteiger partial charge < -0.3 is 14.8 Å². The lowest BCUT2D eigenvalue weighted by atomic mass is 9.93. The minimum Gasteiger partial charge on any atom is -0.347 e. The Morgan fingerprint density at radius 2 is 2.00 bits per heavy atom. The van der Waals surface area contributed by atoms with E-state index in [1.807, 2.05) is 9.47 Å². The number of hydrogen-bond acceptors (Lipinski definition) is 6. The largest absolute Gasteiger partial charge is 0.347 e. The Labute approximate surface area is 155 Å². The fourth-order valence-electron chi connectivity index (χ4n) is 4.04. The van der Waals surface area contributed by atoms with Crippen molar-refractivity contribution in [3.05, 3.63) is 29.6 Å². The molecule has 4 heterocycles. The number of hydrogen-bond donors (Lipinski definition) is 2. The third-order valence-electron chi connectivity index (χ3n) is 5.84. The van der Waals surface area contributed by atoms with Crippen molar-refractivity contribution in [2.75, 3.05) is 26.2 Å². The summed E-state index contributed by atoms with van der Waals surface area (Å²) in [6.45, 7) is 3.49. The van der Waals surface area contributed by atoms with E-state index in [0.717, 1.165) is 31.8 Å². The first kappa shape index (κ1) is 16.4. The Hall–Kier alpha value is -2.75. The number of carbonyl (C=O) groups excluding carboxylic acids is 2. The number of rotatable bonds is 3. The van der Waals surface area contributed by atoms with E-state index in [4.69, 9.17) is 0 Å². The molecule has 1 saturated heterocycles. The van der Waals surface area contributed by atoms with Gasteiger partial charge in [0.15, 0.2) is 5.82 Å². The zero-order valence-corrected chi connectivity index (χ0v) is 15.0. The number of amides is 2. The number of fused-ring (bicyclic) bond motifs is 3. The maximum Gasteiger partial charge on any atom is 0.289 e. The first-order valence-corrected chi connectivity index (χ1v) is 9.47. The van der Waals surface area contributed by atoms with Gasteiger partial charge in [0, 0.05) is 45.0 Å². The van der Waals surface area contributed by atoms with Crippen molar-refractivity contribution in [1.29, 1.82) is 0 Å². The topological polar surface area (TPSA) is 112 Å². The van der Waals surface area contributed by atoms with Crippen LogP contribution in [-0.4, -0.2) is 78.8 Å². The molecule has 0 radical (unpaired) electrons. The summed E-state index contributed by atoms with van der Waals surface area (Å²) in [5.41, 5.74) is 0.487. The minimum atomic E-state index is -0.145. The molecule has 10 nitrogen and oxygen atoms in total. The molecular weight excluding hydrogens is 348 g/mol. The summed E-state index contributed by atoms with van der Waals surface area (Å²) in [4.78, 5) is 29.3. The third-order valence-corrected chi connectivity index (χ3v) is 5.84. The molecule has 0 bridgehead atoms. The van der Waals surface area contributed by atoms with Crippen molar-refractivity contribution in [1.82, 2.24) is 40.1 Å². The quantitative estimate of drug-likeness (QED) is 0.774. The van der Waals surface area contributed by atoms with Gasteiger partial charge in [-0.1, -0.05) is 0 Å². The molecule has 142 valence electrons. The van der Waals surface area contributed by atoms with Crippen molar-refractivity contribution in [2.24, 2.45) is 0 Å². The Morgan fingerprint density at radius 3 is 2.74 bits per heavy atom. The molecular formula is C17H22N8O2. The first-order chi connectivity index (χ1) is 13.2. The van der Waals surface area contributed by atoms with Gasteiger partial charge in [0.25, 0.3) is 11.8 Å². The molecule has 0 spiro atoms. The number of nitrogens with one attached hydrogen (secondary N) is 2. The predicted molar refractivity (Wildman–Crippen MR) is 93.9 cm³/mol. The van der Waals surface area contributed by atoms with Gasteiger partial charge >= 0.3 is 0 Å². The van der Waals surface area contributed by atoms with Crippen molar-refractivity contribution >= 4 is 11.8 Å². The average Bonchev–Trinajstić information content (AvgIpc) is 3.33. The monoisotopic (exact) mass is 370 g/mol. The van der Waals surface area contributed by atoms with Gasteiger partial charge in [-0.25, -0.2) is 0 Å². The van der Waals surface area contributed by atoms with E-state index in [2.05, 4.69) is 30.6 Å². The van der Waals surface area contributed by atoms with Crippen molar-refractivity contribution < 1.29 is 9.59 Å². The SMILES string of the molecule is O=C(NC1CCC1)c1nnc2n1CCN1CCN(C(=O)c3ccn[nH]3)C[C@@H]21. The predicted octanol–water partition coefficient (Wildman–Crippen LogP) is -0.204. The first-order valence-electron chi connectivity index (χ1n) is 9.47. The van der Waals surface area contributed by atoms with Crippen LogP contribution >= 0.6 is 0 Å². The summed E-state index contributed by atoms with van der Waals surface area (Å²) < 4.78 is 1.92. The van der Waals surface area contributed by atoms with Crippen LogP contribution in [0.5, 0.6) is 0 Å². The molecule has 2 aliphatic heterocycles. The maximum atomic E-state index is 12.7. The van der Waals surface area contributed by atoms with Gasteiger partial charge in [0.2, 0.25) is 5.82 Å². The van der Waals surface area contributed by atoms with Crippen molar-refractivity contribution in [3.63, 3.8) is 0 Å². The molecule has 1 aliphatic carbocycles. The lowest BCUT2D eigenvalue weighted by Crippen LogP contribution is -2.54. The molecule has 1 saturated carbocycles. The number of aromatic nitrogens is 5. The molecule has 1 atom stereocenters. The van der Waals surface area contributed by atoms with Crippen molar-refractivity contribution in [3.8, 4) is 0 Å². The summed E-state index contributed by atoms with van der Waals surface area (Å²) >= 11 is 0. The molecule has 0 unspecified atom stereocenters. The standard InChI is InChI=1S/C17H22N8O2/c26-16(19-11-2-1-3-11)15-22-21-14-13-10-24(17(27)12-4-5-18-20-12)7-6-23(13)8-9-25(14)15/h4-5,11,13H,1-3,6-10H2,(H,18,20)(H,19,26)/t13-/m0/s1. The highest BCUT2D eigenvalue weighted by Gasteiger charge is 2.38. The summed E-state index contributed by atoms with van der Waals surface area (Å²) in [6.07, 6.45) is 4.81. The fourth-order valence-corrected chi connectivity index (χ4v) is 4.04. The van der Waals surface area contributed by atoms with E-state index in [-0.39, 0.29) is 23.9 Å². The number of nitrogens with zero attached hydrogens (tertiary/aromatic N) is 6. The minimum absolute atomic E-state index is 0.0443. The van der Waals surface area contributed by atoms with Gasteiger partial charge in [-0.15, -0.1) is 10.2 Å². The maximum absolute atomic E-state index is 12.7. The van der Waals surface area contributed by atoms with Gasteiger partial charge in [0.1, 0.15) is 5.69 Å². The smallest absolute Gasteiger partial charge is 0.289 e. The second kappa shape index (κ2) is 6.45. The van der Waals surface area contributed by atoms with Crippen LogP contribution in [-0.2, 0) is 6.54 Å². The van der Waals surface area contributed by atoms with Crippen LogP contribution in [0.4, 0.5) is 0 Å². The van der Waals surface area contributed by atoms with Crippen LogP contribution < -0.4 is 5.32 Å². The van der Waals surface area contributed by atoms with E-state index in [1.165, 1.54) is 6.42 Å². The van der Waals surface area contributed by atoms with Gasteiger partial charge in [-0.05, 0) is 25.3 Å². The molecule has 5 rings (SSSR count). The normalized spacial score (nSPS) is 22.7. The molecule has 27 heavy (non-hydrogen) atoms. The highest BCUT2D eigenvalue weighted by atomic mass is 16.2. The number of piperazine rings is 1. The second-order valence-corrected chi connectivity index (χ2v) is 7.41. The van der Waals surface area contributed by atoms with Crippen LogP contribution in [0, 0.1) is 0 Å². The number of H-pyrrole nitrogens is 1. The Bertz CT molecular complexity index is 856. The average molecular weight is 370 g/mol. The van der Waals surface area contributed by atoms with E-state index >= 15 is 0 Å². The molecule has 2 aromatic heterocycles. The summed E-state index contributed by atoms with van der Waals surface area (Å²) in [6, 6.07) is 1.90. The highest BCUT2D eigenvalue weighted by Crippen LogP contribution is 2.29. The number of aromatic amines is 1. The molecule has 2 aromatic rings. The molecule has 2 fully saturated rings. The van der Waals surface area contributed by atoms with E-state index in [1.54, 1.807) is 12.3 Å². The zero-order chi connectivity index (χ0) is 18.4. The molecule has 0 aromatic carbocycles. The molecule has 2 amide bonds. The van der Waals surface area contributed by atoms with Crippen molar-refractivity contribution in [2.45, 2.75) is 37.9 Å². The van der Waals surface area contributed by atoms with E-state index < -0.39 is 0 Å². The molecule has 3 aliphatic rings. The summed E-state index contributed by atoms with van der Waals surface area (Å²) in [5, 5.41) is 18.1. The lowest BCUT2D eigenvalue weighted by molar-refractivity contribution is 0.0368. The van der Waals surface area contributed by atoms with Crippen LogP contribution in [0.25, 0.3) is 0 Å². The van der Waals surface area contributed by atoms with Crippen LogP contribution in [0.15, 0.2) is 12.3 Å². The van der Waals surface area contributed by atoms with Gasteiger partial charge in [-0.3, -0.25) is 19.6 Å². The summed E-state index contributed by atoms with van der Waals surface area (Å²) in [7, 11) is 0. The Kier molecular flexibility index (Phi) is 3.92. The van der Waals surface area contributed by atoms with Crippen LogP contribution in [0.2, 0.25) is 0 Å². The Balaban J connectivity index is 1.36. The zero-order valence-electron chi connectivity index (χ0n) is 15.0. The third kappa shape index (κ3) is 2.80. The highest BCUT2D eigenvalue weighted by molar-refractivity contribution is 5.92. The van der Waals surface area contributed by atoms with Crippen LogP contribution in [0.3, 0.4) is 0 Å². The van der Waals surface area contributed by atoms with Gasteiger partial charge in [0.05, 0.1) is 6.04 Å². The van der Waals surface area contributed by atoms with E-state index in [9.17, 15) is 9.59 Å². The van der Waals surface area contributed by atoms with Crippen LogP contribution in [0.1, 0.15) is 52.2 Å². The van der Waals surface area contributed by atoms with E-state index in [0.29, 0.717) is 31.2 Å². The molecule has 10 heteroatoms. The number of carbonyl (C=O) groups is 2.